The van der Waals surface area contributed by atoms with Crippen LogP contribution in [-0.2, 0) is 11.2 Å². The van der Waals surface area contributed by atoms with Gasteiger partial charge in [0.2, 0.25) is 5.16 Å². The number of Topliss-reactive ketones (excluding diaryl/α,β-unsaturated/α-hetero) is 1. The van der Waals surface area contributed by atoms with Gasteiger partial charge in [0.25, 0.3) is 0 Å². The fourth-order valence-electron chi connectivity index (χ4n) is 0.985. The van der Waals surface area contributed by atoms with Gasteiger partial charge in [0.15, 0.2) is 0 Å². The SMILES string of the molecule is CCc1nc(SCCCC(C)=O)n[nH]1. The zero-order valence-electron chi connectivity index (χ0n) is 8.54. The van der Waals surface area contributed by atoms with E-state index in [9.17, 15) is 4.79 Å². The Kier molecular flexibility index (Phi) is 4.65. The predicted molar refractivity (Wildman–Crippen MR) is 56.4 cm³/mol. The lowest BCUT2D eigenvalue weighted by molar-refractivity contribution is -0.117. The molecule has 1 heterocycles. The third-order valence-corrected chi connectivity index (χ3v) is 2.68. The average Bonchev–Trinajstić information content (AvgIpc) is 2.60. The number of H-pyrrole nitrogens is 1. The van der Waals surface area contributed by atoms with E-state index in [0.29, 0.717) is 6.42 Å². The number of aromatic nitrogens is 3. The van der Waals surface area contributed by atoms with Crippen molar-refractivity contribution in [2.75, 3.05) is 5.75 Å². The molecule has 4 nitrogen and oxygen atoms in total. The third-order valence-electron chi connectivity index (χ3n) is 1.75. The van der Waals surface area contributed by atoms with Crippen molar-refractivity contribution in [2.45, 2.75) is 38.3 Å². The number of nitrogens with zero attached hydrogens (tertiary/aromatic N) is 2. The lowest BCUT2D eigenvalue weighted by Gasteiger charge is -1.94. The van der Waals surface area contributed by atoms with Gasteiger partial charge in [-0.25, -0.2) is 4.98 Å². The maximum Gasteiger partial charge on any atom is 0.208 e. The van der Waals surface area contributed by atoms with Crippen LogP contribution in [0.4, 0.5) is 0 Å². The summed E-state index contributed by atoms with van der Waals surface area (Å²) in [6.45, 7) is 3.65. The van der Waals surface area contributed by atoms with E-state index in [1.165, 1.54) is 0 Å². The smallest absolute Gasteiger partial charge is 0.208 e. The number of ketones is 1. The molecule has 0 saturated heterocycles. The van der Waals surface area contributed by atoms with Gasteiger partial charge in [-0.3, -0.25) is 5.10 Å². The number of carbonyl (C=O) groups is 1. The van der Waals surface area contributed by atoms with E-state index >= 15 is 0 Å². The number of aryl methyl sites for hydroxylation is 1. The fourth-order valence-corrected chi connectivity index (χ4v) is 1.74. The molecule has 1 aromatic rings. The standard InChI is InChI=1S/C9H15N3OS/c1-3-8-10-9(12-11-8)14-6-4-5-7(2)13/h3-6H2,1-2H3,(H,10,11,12). The third kappa shape index (κ3) is 3.91. The summed E-state index contributed by atoms with van der Waals surface area (Å²) in [7, 11) is 0. The number of thioether (sulfide) groups is 1. The summed E-state index contributed by atoms with van der Waals surface area (Å²) in [5.41, 5.74) is 0. The zero-order chi connectivity index (χ0) is 10.4. The van der Waals surface area contributed by atoms with Gasteiger partial charge in [-0.1, -0.05) is 18.7 Å². The molecule has 78 valence electrons. The van der Waals surface area contributed by atoms with Gasteiger partial charge < -0.3 is 4.79 Å². The van der Waals surface area contributed by atoms with Crippen molar-refractivity contribution in [3.05, 3.63) is 5.82 Å². The number of hydrogen-bond donors (Lipinski definition) is 1. The number of aromatic amines is 1. The molecule has 1 rings (SSSR count). The summed E-state index contributed by atoms with van der Waals surface area (Å²) in [6.07, 6.45) is 2.43. The molecule has 0 bridgehead atoms. The topological polar surface area (TPSA) is 58.6 Å². The molecule has 0 saturated carbocycles. The molecule has 0 aliphatic heterocycles. The van der Waals surface area contributed by atoms with E-state index in [-0.39, 0.29) is 5.78 Å². The Balaban J connectivity index is 2.21. The largest absolute Gasteiger partial charge is 0.300 e. The first-order valence-electron chi connectivity index (χ1n) is 4.76. The van der Waals surface area contributed by atoms with E-state index in [0.717, 1.165) is 29.6 Å². The van der Waals surface area contributed by atoms with E-state index in [1.54, 1.807) is 18.7 Å². The zero-order valence-corrected chi connectivity index (χ0v) is 9.36. The van der Waals surface area contributed by atoms with Gasteiger partial charge >= 0.3 is 0 Å². The Bertz CT molecular complexity index is 298. The highest BCUT2D eigenvalue weighted by Crippen LogP contribution is 2.14. The molecule has 5 heteroatoms. The van der Waals surface area contributed by atoms with Gasteiger partial charge in [-0.05, 0) is 13.3 Å². The van der Waals surface area contributed by atoms with Crippen LogP contribution in [0.1, 0.15) is 32.5 Å². The maximum absolute atomic E-state index is 10.7. The quantitative estimate of drug-likeness (QED) is 0.578. The van der Waals surface area contributed by atoms with E-state index in [2.05, 4.69) is 15.2 Å². The fraction of sp³-hybridized carbons (Fsp3) is 0.667. The first-order chi connectivity index (χ1) is 6.72. The highest BCUT2D eigenvalue weighted by Gasteiger charge is 2.02. The minimum atomic E-state index is 0.245. The second-order valence-electron chi connectivity index (χ2n) is 3.07. The van der Waals surface area contributed by atoms with E-state index in [1.807, 2.05) is 6.92 Å². The molecule has 0 aliphatic rings. The van der Waals surface area contributed by atoms with Crippen molar-refractivity contribution in [1.29, 1.82) is 0 Å². The molecule has 1 aromatic heterocycles. The van der Waals surface area contributed by atoms with Gasteiger partial charge in [0.05, 0.1) is 0 Å². The Hall–Kier alpha value is -0.840. The Labute approximate surface area is 87.9 Å². The maximum atomic E-state index is 10.7. The predicted octanol–water partition coefficient (Wildman–Crippen LogP) is 1.83. The molecular formula is C9H15N3OS. The molecule has 14 heavy (non-hydrogen) atoms. The first-order valence-corrected chi connectivity index (χ1v) is 5.74. The molecule has 0 unspecified atom stereocenters. The van der Waals surface area contributed by atoms with Crippen molar-refractivity contribution in [3.63, 3.8) is 0 Å². The van der Waals surface area contributed by atoms with Crippen LogP contribution in [0.15, 0.2) is 5.16 Å². The minimum Gasteiger partial charge on any atom is -0.300 e. The van der Waals surface area contributed by atoms with Crippen LogP contribution in [0.5, 0.6) is 0 Å². The molecule has 0 amide bonds. The lowest BCUT2D eigenvalue weighted by Crippen LogP contribution is -1.91. The molecule has 0 aromatic carbocycles. The summed E-state index contributed by atoms with van der Waals surface area (Å²) in [5.74, 6) is 2.06. The summed E-state index contributed by atoms with van der Waals surface area (Å²) in [4.78, 5) is 14.9. The van der Waals surface area contributed by atoms with Gasteiger partial charge in [0.1, 0.15) is 11.6 Å². The van der Waals surface area contributed by atoms with Crippen molar-refractivity contribution in [1.82, 2.24) is 15.2 Å². The van der Waals surface area contributed by atoms with Crippen molar-refractivity contribution < 1.29 is 4.79 Å². The van der Waals surface area contributed by atoms with Gasteiger partial charge in [0, 0.05) is 18.6 Å². The van der Waals surface area contributed by atoms with Crippen molar-refractivity contribution in [3.8, 4) is 0 Å². The number of rotatable bonds is 6. The van der Waals surface area contributed by atoms with Crippen molar-refractivity contribution >= 4 is 17.5 Å². The molecule has 0 aliphatic carbocycles. The van der Waals surface area contributed by atoms with Crippen LogP contribution in [0, 0.1) is 0 Å². The molecule has 0 spiro atoms. The highest BCUT2D eigenvalue weighted by molar-refractivity contribution is 7.99. The van der Waals surface area contributed by atoms with Gasteiger partial charge in [-0.15, -0.1) is 5.10 Å². The summed E-state index contributed by atoms with van der Waals surface area (Å²) in [5, 5.41) is 7.68. The Morgan fingerprint density at radius 3 is 2.93 bits per heavy atom. The normalized spacial score (nSPS) is 10.4. The number of nitrogens with one attached hydrogen (secondary N) is 1. The van der Waals surface area contributed by atoms with Crippen LogP contribution in [-0.4, -0.2) is 26.7 Å². The van der Waals surface area contributed by atoms with Crippen LogP contribution < -0.4 is 0 Å². The van der Waals surface area contributed by atoms with E-state index < -0.39 is 0 Å². The number of hydrogen-bond acceptors (Lipinski definition) is 4. The van der Waals surface area contributed by atoms with E-state index in [4.69, 9.17) is 0 Å². The lowest BCUT2D eigenvalue weighted by atomic mass is 10.3. The van der Waals surface area contributed by atoms with Gasteiger partial charge in [-0.2, -0.15) is 0 Å². The highest BCUT2D eigenvalue weighted by atomic mass is 32.2. The number of carbonyl (C=O) groups excluding carboxylic acids is 1. The second kappa shape index (κ2) is 5.80. The molecule has 0 atom stereocenters. The Morgan fingerprint density at radius 2 is 2.36 bits per heavy atom. The second-order valence-corrected chi connectivity index (χ2v) is 4.13. The Morgan fingerprint density at radius 1 is 1.57 bits per heavy atom. The first kappa shape index (κ1) is 11.2. The summed E-state index contributed by atoms with van der Waals surface area (Å²) >= 11 is 1.59. The molecule has 0 fully saturated rings. The van der Waals surface area contributed by atoms with Crippen molar-refractivity contribution in [2.24, 2.45) is 0 Å². The molecule has 1 N–H and O–H groups in total. The van der Waals surface area contributed by atoms with Crippen LogP contribution in [0.2, 0.25) is 0 Å². The molecular weight excluding hydrogens is 198 g/mol. The van der Waals surface area contributed by atoms with Crippen LogP contribution in [0.25, 0.3) is 0 Å². The van der Waals surface area contributed by atoms with Crippen LogP contribution in [0.3, 0.4) is 0 Å². The monoisotopic (exact) mass is 213 g/mol. The molecule has 0 radical (unpaired) electrons. The van der Waals surface area contributed by atoms with Crippen LogP contribution >= 0.6 is 11.8 Å². The minimum absolute atomic E-state index is 0.245. The summed E-state index contributed by atoms with van der Waals surface area (Å²) < 4.78 is 0. The summed E-state index contributed by atoms with van der Waals surface area (Å²) in [6, 6.07) is 0. The average molecular weight is 213 g/mol.